The Kier molecular flexibility index (Phi) is 4.84. The summed E-state index contributed by atoms with van der Waals surface area (Å²) in [5.41, 5.74) is 8.78. The predicted octanol–water partition coefficient (Wildman–Crippen LogP) is 3.91. The van der Waals surface area contributed by atoms with Crippen molar-refractivity contribution in [2.75, 3.05) is 6.54 Å². The number of aryl methyl sites for hydroxylation is 4. The highest BCUT2D eigenvalue weighted by Gasteiger charge is 2.15. The zero-order valence-electron chi connectivity index (χ0n) is 14.2. The van der Waals surface area contributed by atoms with Crippen LogP contribution in [0, 0.1) is 34.6 Å². The molecule has 0 unspecified atom stereocenters. The maximum atomic E-state index is 4.79. The zero-order valence-corrected chi connectivity index (χ0v) is 14.2. The fourth-order valence-electron chi connectivity index (χ4n) is 3.05. The molecule has 1 heterocycles. The molecule has 0 fully saturated rings. The average molecular weight is 285 g/mol. The summed E-state index contributed by atoms with van der Waals surface area (Å²) in [6, 6.07) is 4.46. The summed E-state index contributed by atoms with van der Waals surface area (Å²) in [5, 5.41) is 8.27. The Hall–Kier alpha value is -1.61. The molecule has 3 heteroatoms. The number of nitrogens with one attached hydrogen (secondary N) is 1. The van der Waals surface area contributed by atoms with Crippen molar-refractivity contribution < 1.29 is 0 Å². The monoisotopic (exact) mass is 285 g/mol. The van der Waals surface area contributed by atoms with Crippen molar-refractivity contribution in [3.05, 3.63) is 45.8 Å². The summed E-state index contributed by atoms with van der Waals surface area (Å²) in [5.74, 6) is 0. The summed E-state index contributed by atoms with van der Waals surface area (Å²) in [6.45, 7) is 14.9. The molecule has 0 amide bonds. The van der Waals surface area contributed by atoms with Crippen LogP contribution in [0.4, 0.5) is 0 Å². The van der Waals surface area contributed by atoms with E-state index in [-0.39, 0.29) is 0 Å². The smallest absolute Gasteiger partial charge is 0.0707 e. The minimum absolute atomic E-state index is 0.898. The van der Waals surface area contributed by atoms with Crippen molar-refractivity contribution in [2.45, 2.75) is 54.5 Å². The van der Waals surface area contributed by atoms with Crippen LogP contribution in [0.3, 0.4) is 0 Å². The van der Waals surface area contributed by atoms with E-state index in [9.17, 15) is 0 Å². The number of rotatable bonds is 5. The van der Waals surface area contributed by atoms with Crippen molar-refractivity contribution >= 4 is 0 Å². The maximum absolute atomic E-state index is 4.79. The third-order valence-corrected chi connectivity index (χ3v) is 4.02. The van der Waals surface area contributed by atoms with Gasteiger partial charge in [-0.05, 0) is 58.7 Å². The van der Waals surface area contributed by atoms with Crippen LogP contribution in [0.1, 0.15) is 47.0 Å². The number of nitrogens with zero attached hydrogens (tertiary/aromatic N) is 2. The van der Waals surface area contributed by atoms with Gasteiger partial charge >= 0.3 is 0 Å². The highest BCUT2D eigenvalue weighted by Crippen LogP contribution is 2.24. The van der Waals surface area contributed by atoms with Crippen LogP contribution in [0.2, 0.25) is 0 Å². The van der Waals surface area contributed by atoms with Gasteiger partial charge in [-0.1, -0.05) is 24.6 Å². The van der Waals surface area contributed by atoms with E-state index in [1.54, 1.807) is 0 Å². The summed E-state index contributed by atoms with van der Waals surface area (Å²) < 4.78 is 2.11. The highest BCUT2D eigenvalue weighted by atomic mass is 15.3. The first-order valence-electron chi connectivity index (χ1n) is 7.79. The van der Waals surface area contributed by atoms with E-state index >= 15 is 0 Å². The minimum Gasteiger partial charge on any atom is -0.313 e. The van der Waals surface area contributed by atoms with Crippen molar-refractivity contribution in [2.24, 2.45) is 0 Å². The lowest BCUT2D eigenvalue weighted by Gasteiger charge is -2.13. The number of aromatic nitrogens is 2. The molecule has 0 spiro atoms. The van der Waals surface area contributed by atoms with Crippen LogP contribution in [-0.2, 0) is 6.54 Å². The van der Waals surface area contributed by atoms with Crippen LogP contribution >= 0.6 is 0 Å². The van der Waals surface area contributed by atoms with Gasteiger partial charge in [0.05, 0.1) is 11.4 Å². The molecule has 0 atom stereocenters. The molecule has 1 aromatic heterocycles. The Morgan fingerprint density at radius 2 is 1.67 bits per heavy atom. The second-order valence-corrected chi connectivity index (χ2v) is 5.99. The van der Waals surface area contributed by atoms with Gasteiger partial charge in [0, 0.05) is 17.8 Å². The molecule has 21 heavy (non-hydrogen) atoms. The van der Waals surface area contributed by atoms with E-state index in [1.165, 1.54) is 33.6 Å². The molecular formula is C18H27N3. The summed E-state index contributed by atoms with van der Waals surface area (Å²) in [6.07, 6.45) is 1.16. The number of hydrogen-bond donors (Lipinski definition) is 1. The minimum atomic E-state index is 0.898. The first kappa shape index (κ1) is 15.8. The van der Waals surface area contributed by atoms with Crippen LogP contribution in [0.15, 0.2) is 12.1 Å². The molecule has 0 aliphatic rings. The van der Waals surface area contributed by atoms with E-state index in [0.717, 1.165) is 25.2 Å². The quantitative estimate of drug-likeness (QED) is 0.844. The van der Waals surface area contributed by atoms with Crippen LogP contribution in [0.25, 0.3) is 5.69 Å². The van der Waals surface area contributed by atoms with Crippen LogP contribution < -0.4 is 5.32 Å². The summed E-state index contributed by atoms with van der Waals surface area (Å²) in [4.78, 5) is 0. The molecule has 114 valence electrons. The molecule has 1 aromatic carbocycles. The Bertz CT molecular complexity index is 615. The van der Waals surface area contributed by atoms with E-state index in [1.807, 2.05) is 0 Å². The van der Waals surface area contributed by atoms with E-state index < -0.39 is 0 Å². The maximum Gasteiger partial charge on any atom is 0.0707 e. The zero-order chi connectivity index (χ0) is 15.6. The van der Waals surface area contributed by atoms with Crippen molar-refractivity contribution in [1.29, 1.82) is 0 Å². The largest absolute Gasteiger partial charge is 0.313 e. The standard InChI is InChI=1S/C18H27N3/c1-7-8-19-11-17-15(5)20-21(16(17)6)18-13(3)9-12(2)10-14(18)4/h9-10,19H,7-8,11H2,1-6H3. The van der Waals surface area contributed by atoms with Gasteiger partial charge in [0.15, 0.2) is 0 Å². The van der Waals surface area contributed by atoms with E-state index in [2.05, 4.69) is 63.7 Å². The highest BCUT2D eigenvalue weighted by molar-refractivity contribution is 5.50. The van der Waals surface area contributed by atoms with Gasteiger partial charge in [0.2, 0.25) is 0 Å². The lowest BCUT2D eigenvalue weighted by molar-refractivity contribution is 0.670. The van der Waals surface area contributed by atoms with Gasteiger partial charge in [0.1, 0.15) is 0 Å². The molecule has 0 saturated carbocycles. The van der Waals surface area contributed by atoms with Crippen LogP contribution in [-0.4, -0.2) is 16.3 Å². The molecule has 0 aliphatic heterocycles. The first-order chi connectivity index (χ1) is 9.95. The number of benzene rings is 1. The topological polar surface area (TPSA) is 29.9 Å². The van der Waals surface area contributed by atoms with Gasteiger partial charge in [0.25, 0.3) is 0 Å². The molecule has 0 radical (unpaired) electrons. The lowest BCUT2D eigenvalue weighted by Crippen LogP contribution is -2.15. The number of hydrogen-bond acceptors (Lipinski definition) is 2. The summed E-state index contributed by atoms with van der Waals surface area (Å²) >= 11 is 0. The molecule has 1 N–H and O–H groups in total. The Labute approximate surface area is 128 Å². The molecule has 0 aliphatic carbocycles. The predicted molar refractivity (Wildman–Crippen MR) is 89.2 cm³/mol. The van der Waals surface area contributed by atoms with Crippen LogP contribution in [0.5, 0.6) is 0 Å². The molecular weight excluding hydrogens is 258 g/mol. The Balaban J connectivity index is 2.44. The second-order valence-electron chi connectivity index (χ2n) is 5.99. The van der Waals surface area contributed by atoms with Gasteiger partial charge in [-0.25, -0.2) is 4.68 Å². The second kappa shape index (κ2) is 6.44. The van der Waals surface area contributed by atoms with Crippen molar-refractivity contribution in [3.8, 4) is 5.69 Å². The Morgan fingerprint density at radius 3 is 2.24 bits per heavy atom. The third kappa shape index (κ3) is 3.18. The van der Waals surface area contributed by atoms with Crippen molar-refractivity contribution in [3.63, 3.8) is 0 Å². The lowest BCUT2D eigenvalue weighted by atomic mass is 10.0. The first-order valence-corrected chi connectivity index (χ1v) is 7.79. The fraction of sp³-hybridized carbons (Fsp3) is 0.500. The SMILES string of the molecule is CCCNCc1c(C)nn(-c2c(C)cc(C)cc2C)c1C. The normalized spacial score (nSPS) is 11.1. The molecule has 0 saturated heterocycles. The fourth-order valence-corrected chi connectivity index (χ4v) is 3.05. The van der Waals surface area contributed by atoms with Gasteiger partial charge in [-0.3, -0.25) is 0 Å². The van der Waals surface area contributed by atoms with Gasteiger partial charge in [-0.15, -0.1) is 0 Å². The average Bonchev–Trinajstić information content (AvgIpc) is 2.66. The molecule has 0 bridgehead atoms. The van der Waals surface area contributed by atoms with Gasteiger partial charge < -0.3 is 5.32 Å². The molecule has 2 rings (SSSR count). The Morgan fingerprint density at radius 1 is 1.05 bits per heavy atom. The molecule has 3 nitrogen and oxygen atoms in total. The molecule has 2 aromatic rings. The van der Waals surface area contributed by atoms with E-state index in [0.29, 0.717) is 0 Å². The van der Waals surface area contributed by atoms with Gasteiger partial charge in [-0.2, -0.15) is 5.10 Å². The third-order valence-electron chi connectivity index (χ3n) is 4.02. The van der Waals surface area contributed by atoms with Crippen molar-refractivity contribution in [1.82, 2.24) is 15.1 Å². The van der Waals surface area contributed by atoms with E-state index in [4.69, 9.17) is 5.10 Å². The summed E-state index contributed by atoms with van der Waals surface area (Å²) in [7, 11) is 0.